The molecule has 2 spiro atoms. The predicted octanol–water partition coefficient (Wildman–Crippen LogP) is 4.43. The molecule has 282 valence electrons. The molecule has 0 aromatic rings. The van der Waals surface area contributed by atoms with Crippen LogP contribution in [0.15, 0.2) is 0 Å². The summed E-state index contributed by atoms with van der Waals surface area (Å²) in [6.45, 7) is 19.5. The summed E-state index contributed by atoms with van der Waals surface area (Å²) in [5.74, 6) is 1.13. The smallest absolute Gasteiger partial charge is 0.303 e. The van der Waals surface area contributed by atoms with Gasteiger partial charge in [-0.2, -0.15) is 0 Å². The van der Waals surface area contributed by atoms with Crippen LogP contribution in [0.4, 0.5) is 0 Å². The van der Waals surface area contributed by atoms with E-state index in [4.69, 9.17) is 18.9 Å². The number of carbonyl (C=O) groups is 2. The zero-order chi connectivity index (χ0) is 35.8. The third-order valence-corrected chi connectivity index (χ3v) is 16.9. The van der Waals surface area contributed by atoms with Crippen molar-refractivity contribution in [3.63, 3.8) is 0 Å². The van der Waals surface area contributed by atoms with Crippen molar-refractivity contribution in [2.75, 3.05) is 26.2 Å². The summed E-state index contributed by atoms with van der Waals surface area (Å²) in [6.07, 6.45) is 7.04. The molecule has 10 nitrogen and oxygen atoms in total. The largest absolute Gasteiger partial charge is 0.457 e. The molecule has 8 aliphatic rings. The number of hydrogen-bond donors (Lipinski definition) is 3. The second-order valence-corrected chi connectivity index (χ2v) is 19.8. The van der Waals surface area contributed by atoms with Gasteiger partial charge in [-0.15, -0.1) is 0 Å². The van der Waals surface area contributed by atoms with Gasteiger partial charge in [-0.05, 0) is 117 Å². The van der Waals surface area contributed by atoms with E-state index in [1.165, 1.54) is 19.8 Å². The van der Waals surface area contributed by atoms with Crippen molar-refractivity contribution < 1.29 is 38.7 Å². The Hall–Kier alpha value is -1.30. The van der Waals surface area contributed by atoms with Crippen LogP contribution in [0, 0.1) is 50.7 Å². The Morgan fingerprint density at radius 2 is 1.78 bits per heavy atom. The third-order valence-electron chi connectivity index (χ3n) is 16.9. The van der Waals surface area contributed by atoms with Gasteiger partial charge in [-0.1, -0.05) is 34.6 Å². The summed E-state index contributed by atoms with van der Waals surface area (Å²) in [5, 5.41) is 26.6. The maximum atomic E-state index is 12.6. The fraction of sp³-hybridized carbons (Fsp3) is 0.950. The molecule has 0 radical (unpaired) electrons. The first-order valence-corrected chi connectivity index (χ1v) is 19.9. The molecule has 8 rings (SSSR count). The molecule has 0 aromatic heterocycles. The average Bonchev–Trinajstić information content (AvgIpc) is 3.44. The number of nitrogens with zero attached hydrogens (tertiary/aromatic N) is 1. The number of hydrogen-bond acceptors (Lipinski definition) is 9. The highest BCUT2D eigenvalue weighted by Gasteiger charge is 2.84. The molecule has 3 saturated heterocycles. The summed E-state index contributed by atoms with van der Waals surface area (Å²) in [4.78, 5) is 26.8. The van der Waals surface area contributed by atoms with E-state index in [1.54, 1.807) is 13.8 Å². The summed E-state index contributed by atoms with van der Waals surface area (Å²) in [7, 11) is 0. The van der Waals surface area contributed by atoms with Gasteiger partial charge >= 0.3 is 5.97 Å². The molecule has 5 unspecified atom stereocenters. The van der Waals surface area contributed by atoms with E-state index in [9.17, 15) is 19.8 Å². The number of carbonyl (C=O) groups excluding carboxylic acids is 2. The summed E-state index contributed by atoms with van der Waals surface area (Å²) >= 11 is 0. The van der Waals surface area contributed by atoms with Crippen LogP contribution < -0.4 is 5.32 Å². The Morgan fingerprint density at radius 3 is 2.46 bits per heavy atom. The zero-order valence-corrected chi connectivity index (χ0v) is 31.8. The normalized spacial score (nSPS) is 51.7. The lowest BCUT2D eigenvalue weighted by Gasteiger charge is -2.64. The fourth-order valence-corrected chi connectivity index (χ4v) is 14.7. The van der Waals surface area contributed by atoms with Gasteiger partial charge in [0.1, 0.15) is 0 Å². The van der Waals surface area contributed by atoms with Gasteiger partial charge in [0, 0.05) is 25.4 Å². The van der Waals surface area contributed by atoms with Gasteiger partial charge in [-0.3, -0.25) is 14.5 Å². The Kier molecular flexibility index (Phi) is 8.29. The number of esters is 1. The van der Waals surface area contributed by atoms with Crippen LogP contribution in [0.25, 0.3) is 0 Å². The highest BCUT2D eigenvalue weighted by Crippen LogP contribution is 2.89. The van der Waals surface area contributed by atoms with E-state index >= 15 is 0 Å². The van der Waals surface area contributed by atoms with E-state index in [0.717, 1.165) is 51.6 Å². The maximum absolute atomic E-state index is 12.6. The van der Waals surface area contributed by atoms with E-state index < -0.39 is 29.9 Å². The van der Waals surface area contributed by atoms with E-state index in [0.29, 0.717) is 31.4 Å². The summed E-state index contributed by atoms with van der Waals surface area (Å²) in [5.41, 5.74) is -1.15. The van der Waals surface area contributed by atoms with Crippen LogP contribution in [0.1, 0.15) is 113 Å². The molecule has 3 aliphatic heterocycles. The molecule has 0 aromatic carbocycles. The van der Waals surface area contributed by atoms with Crippen molar-refractivity contribution in [1.29, 1.82) is 0 Å². The first kappa shape index (κ1) is 35.7. The summed E-state index contributed by atoms with van der Waals surface area (Å²) < 4.78 is 25.6. The van der Waals surface area contributed by atoms with Crippen molar-refractivity contribution in [3.8, 4) is 0 Å². The van der Waals surface area contributed by atoms with Crippen molar-refractivity contribution in [2.45, 2.75) is 162 Å². The van der Waals surface area contributed by atoms with Gasteiger partial charge in [0.25, 0.3) is 0 Å². The third kappa shape index (κ3) is 4.79. The lowest BCUT2D eigenvalue weighted by atomic mass is 9.41. The zero-order valence-electron chi connectivity index (χ0n) is 31.8. The minimum Gasteiger partial charge on any atom is -0.457 e. The Labute approximate surface area is 299 Å². The molecule has 0 bridgehead atoms. The lowest BCUT2D eigenvalue weighted by molar-refractivity contribution is -0.250. The number of aliphatic hydroxyl groups is 2. The van der Waals surface area contributed by atoms with Crippen LogP contribution in [0.3, 0.4) is 0 Å². The maximum Gasteiger partial charge on any atom is 0.303 e. The molecule has 3 heterocycles. The average molecular weight is 701 g/mol. The lowest BCUT2D eigenvalue weighted by Crippen LogP contribution is -2.60. The van der Waals surface area contributed by atoms with Gasteiger partial charge < -0.3 is 34.5 Å². The minimum atomic E-state index is -1.26. The van der Waals surface area contributed by atoms with Crippen LogP contribution >= 0.6 is 0 Å². The standard InChI is InChI=1S/C40H64N2O8/c1-22-19-25(33(36(5,6)46)48-23(2)43)49-31-30(22)37(7)14-15-40-21-39(40)13-11-28(35(3,4)26(39)9-10-27(40)38(37,8)32(31)44)50-29-20-42(17-18-47-29)24-12-16-41-34(24)45/h22,24-33,44,46H,9-21H2,1-8H3,(H,41,45)/t22-,24+,25?,26+,27+,28+,29?,30?,31?,32+,33+,37-,38-,39-,40?/m1/s1. The minimum absolute atomic E-state index is 0.0132. The van der Waals surface area contributed by atoms with Crippen molar-refractivity contribution in [1.82, 2.24) is 10.2 Å². The molecule has 8 fully saturated rings. The molecule has 50 heavy (non-hydrogen) atoms. The highest BCUT2D eigenvalue weighted by molar-refractivity contribution is 5.83. The first-order chi connectivity index (χ1) is 23.4. The van der Waals surface area contributed by atoms with Crippen molar-refractivity contribution in [3.05, 3.63) is 0 Å². The van der Waals surface area contributed by atoms with Crippen LogP contribution in [0.5, 0.6) is 0 Å². The van der Waals surface area contributed by atoms with Crippen LogP contribution in [-0.4, -0.2) is 102 Å². The Bertz CT molecular complexity index is 1380. The van der Waals surface area contributed by atoms with E-state index in [2.05, 4.69) is 44.8 Å². The van der Waals surface area contributed by atoms with E-state index in [-0.39, 0.29) is 69.4 Å². The monoisotopic (exact) mass is 700 g/mol. The molecule has 5 aliphatic carbocycles. The van der Waals surface area contributed by atoms with Gasteiger partial charge in [0.15, 0.2) is 12.4 Å². The second-order valence-electron chi connectivity index (χ2n) is 19.8. The number of ether oxygens (including phenoxy) is 4. The quantitative estimate of drug-likeness (QED) is 0.345. The number of rotatable bonds is 6. The SMILES string of the molecule is CC(=O)O[C@@H](C1C[C@@H](C)C2C(O1)[C@H](O)[C@@]1(C)[C@@H]3CC[C@H]4C(C)(C)[C@@H](OC5CN([C@H]6CCNC6=O)CCO5)CC[C@@]45CC35CC[C@]21C)C(C)(C)O. The van der Waals surface area contributed by atoms with Gasteiger partial charge in [-0.25, -0.2) is 0 Å². The highest BCUT2D eigenvalue weighted by atomic mass is 16.7. The predicted molar refractivity (Wildman–Crippen MR) is 186 cm³/mol. The topological polar surface area (TPSA) is 127 Å². The van der Waals surface area contributed by atoms with Gasteiger partial charge in [0.05, 0.1) is 49.2 Å². The number of fused-ring (bicyclic) bond motifs is 4. The first-order valence-electron chi connectivity index (χ1n) is 19.9. The number of nitrogens with one attached hydrogen (secondary N) is 1. The molecule has 1 amide bonds. The van der Waals surface area contributed by atoms with Crippen LogP contribution in [0.2, 0.25) is 0 Å². The second kappa shape index (κ2) is 11.6. The molecule has 15 atom stereocenters. The summed E-state index contributed by atoms with van der Waals surface area (Å²) in [6, 6.07) is -0.0709. The molecule has 5 saturated carbocycles. The van der Waals surface area contributed by atoms with Crippen molar-refractivity contribution in [2.24, 2.45) is 50.7 Å². The number of amides is 1. The number of morpholine rings is 1. The fourth-order valence-electron chi connectivity index (χ4n) is 14.7. The van der Waals surface area contributed by atoms with Crippen molar-refractivity contribution >= 4 is 11.9 Å². The van der Waals surface area contributed by atoms with Gasteiger partial charge in [0.2, 0.25) is 5.91 Å². The van der Waals surface area contributed by atoms with E-state index in [1.807, 2.05) is 0 Å². The van der Waals surface area contributed by atoms with Crippen LogP contribution in [-0.2, 0) is 28.5 Å². The molecule has 3 N–H and O–H groups in total. The molecular formula is C40H64N2O8. The Balaban J connectivity index is 1.02. The number of aliphatic hydroxyl groups excluding tert-OH is 1. The molecular weight excluding hydrogens is 636 g/mol. The molecule has 10 heteroatoms. The Morgan fingerprint density at radius 1 is 1.06 bits per heavy atom.